The van der Waals surface area contributed by atoms with Crippen molar-refractivity contribution in [3.05, 3.63) is 18.3 Å². The average Bonchev–Trinajstić information content (AvgIpc) is 2.84. The fourth-order valence-corrected chi connectivity index (χ4v) is 2.12. The van der Waals surface area contributed by atoms with Crippen molar-refractivity contribution in [3.63, 3.8) is 0 Å². The Hall–Kier alpha value is -1.49. The van der Waals surface area contributed by atoms with Crippen LogP contribution in [0.2, 0.25) is 0 Å². The van der Waals surface area contributed by atoms with Crippen molar-refractivity contribution in [2.24, 2.45) is 0 Å². The lowest BCUT2D eigenvalue weighted by molar-refractivity contribution is 0.412. The van der Waals surface area contributed by atoms with Crippen LogP contribution in [-0.2, 0) is 5.54 Å². The summed E-state index contributed by atoms with van der Waals surface area (Å²) in [5, 5.41) is 3.47. The minimum atomic E-state index is -0.0271. The maximum atomic E-state index is 4.50. The molecule has 1 aliphatic heterocycles. The highest BCUT2D eigenvalue weighted by Gasteiger charge is 2.33. The third kappa shape index (κ3) is 1.31. The van der Waals surface area contributed by atoms with Gasteiger partial charge in [0, 0.05) is 0 Å². The standard InChI is InChI=1S/C10H13N5/c1-10(3-2-4-13-10)9-14-7-5-11-6-12-8(7)15-9/h5-6,13H,2-4H2,1H3,(H,11,12,14,15). The Bertz CT molecular complexity index is 450. The van der Waals surface area contributed by atoms with E-state index >= 15 is 0 Å². The van der Waals surface area contributed by atoms with Gasteiger partial charge in [-0.3, -0.25) is 0 Å². The highest BCUT2D eigenvalue weighted by atomic mass is 15.1. The zero-order chi connectivity index (χ0) is 10.3. The zero-order valence-corrected chi connectivity index (χ0v) is 8.62. The second kappa shape index (κ2) is 3.00. The number of aromatic amines is 1. The maximum absolute atomic E-state index is 4.50. The summed E-state index contributed by atoms with van der Waals surface area (Å²) in [4.78, 5) is 15.9. The first-order valence-corrected chi connectivity index (χ1v) is 5.19. The highest BCUT2D eigenvalue weighted by Crippen LogP contribution is 2.28. The number of aromatic nitrogens is 4. The van der Waals surface area contributed by atoms with Crippen molar-refractivity contribution in [1.82, 2.24) is 25.3 Å². The molecule has 3 heterocycles. The van der Waals surface area contributed by atoms with Gasteiger partial charge in [-0.05, 0) is 26.3 Å². The predicted molar refractivity (Wildman–Crippen MR) is 56.3 cm³/mol. The molecule has 0 saturated carbocycles. The number of hydrogen-bond acceptors (Lipinski definition) is 4. The predicted octanol–water partition coefficient (Wildman–Crippen LogP) is 0.951. The lowest BCUT2D eigenvalue weighted by atomic mass is 10.00. The minimum absolute atomic E-state index is 0.0271. The molecule has 3 rings (SSSR count). The van der Waals surface area contributed by atoms with Crippen LogP contribution in [0, 0.1) is 0 Å². The third-order valence-electron chi connectivity index (χ3n) is 3.05. The minimum Gasteiger partial charge on any atom is -0.338 e. The number of nitrogens with one attached hydrogen (secondary N) is 2. The molecule has 1 fully saturated rings. The highest BCUT2D eigenvalue weighted by molar-refractivity contribution is 5.69. The monoisotopic (exact) mass is 203 g/mol. The molecule has 0 spiro atoms. The summed E-state index contributed by atoms with van der Waals surface area (Å²) in [5.41, 5.74) is 1.62. The van der Waals surface area contributed by atoms with Gasteiger partial charge in [0.25, 0.3) is 0 Å². The van der Waals surface area contributed by atoms with E-state index < -0.39 is 0 Å². The molecule has 1 aliphatic rings. The Kier molecular flexibility index (Phi) is 1.76. The first kappa shape index (κ1) is 8.79. The molecule has 1 saturated heterocycles. The van der Waals surface area contributed by atoms with Crippen LogP contribution in [-0.4, -0.2) is 26.5 Å². The summed E-state index contributed by atoms with van der Waals surface area (Å²) in [6.45, 7) is 3.23. The van der Waals surface area contributed by atoms with Crippen LogP contribution in [0.4, 0.5) is 0 Å². The molecule has 5 nitrogen and oxygen atoms in total. The van der Waals surface area contributed by atoms with E-state index in [4.69, 9.17) is 0 Å². The molecule has 5 heteroatoms. The van der Waals surface area contributed by atoms with Gasteiger partial charge in [-0.1, -0.05) is 0 Å². The number of rotatable bonds is 1. The van der Waals surface area contributed by atoms with Gasteiger partial charge in [0.05, 0.1) is 11.7 Å². The molecule has 2 aromatic rings. The van der Waals surface area contributed by atoms with E-state index in [1.165, 1.54) is 12.7 Å². The summed E-state index contributed by atoms with van der Waals surface area (Å²) in [5.74, 6) is 0.968. The lowest BCUT2D eigenvalue weighted by Crippen LogP contribution is -2.34. The van der Waals surface area contributed by atoms with Crippen LogP contribution in [0.5, 0.6) is 0 Å². The van der Waals surface area contributed by atoms with Crippen LogP contribution < -0.4 is 5.32 Å². The summed E-state index contributed by atoms with van der Waals surface area (Å²) in [7, 11) is 0. The number of fused-ring (bicyclic) bond motifs is 1. The Morgan fingerprint density at radius 1 is 1.47 bits per heavy atom. The first-order chi connectivity index (χ1) is 7.28. The summed E-state index contributed by atoms with van der Waals surface area (Å²) in [6, 6.07) is 0. The first-order valence-electron chi connectivity index (χ1n) is 5.19. The van der Waals surface area contributed by atoms with Crippen molar-refractivity contribution in [2.75, 3.05) is 6.54 Å². The van der Waals surface area contributed by atoms with Crippen LogP contribution in [0.1, 0.15) is 25.6 Å². The molecule has 78 valence electrons. The van der Waals surface area contributed by atoms with E-state index in [9.17, 15) is 0 Å². The second-order valence-electron chi connectivity index (χ2n) is 4.21. The zero-order valence-electron chi connectivity index (χ0n) is 8.62. The Labute approximate surface area is 87.3 Å². The molecule has 0 radical (unpaired) electrons. The third-order valence-corrected chi connectivity index (χ3v) is 3.05. The van der Waals surface area contributed by atoms with E-state index in [2.05, 4.69) is 32.2 Å². The van der Waals surface area contributed by atoms with Gasteiger partial charge in [-0.15, -0.1) is 0 Å². The molecule has 0 aromatic carbocycles. The molecule has 1 atom stereocenters. The fourth-order valence-electron chi connectivity index (χ4n) is 2.12. The van der Waals surface area contributed by atoms with E-state index in [1.54, 1.807) is 6.20 Å². The molecule has 0 amide bonds. The van der Waals surface area contributed by atoms with E-state index in [1.807, 2.05) is 0 Å². The van der Waals surface area contributed by atoms with E-state index in [0.29, 0.717) is 0 Å². The maximum Gasteiger partial charge on any atom is 0.180 e. The van der Waals surface area contributed by atoms with Crippen LogP contribution >= 0.6 is 0 Å². The summed E-state index contributed by atoms with van der Waals surface area (Å²) < 4.78 is 0. The summed E-state index contributed by atoms with van der Waals surface area (Å²) >= 11 is 0. The van der Waals surface area contributed by atoms with Crippen molar-refractivity contribution in [3.8, 4) is 0 Å². The number of H-pyrrole nitrogens is 1. The van der Waals surface area contributed by atoms with Gasteiger partial charge >= 0.3 is 0 Å². The van der Waals surface area contributed by atoms with Gasteiger partial charge < -0.3 is 10.3 Å². The van der Waals surface area contributed by atoms with Gasteiger partial charge in [-0.25, -0.2) is 15.0 Å². The second-order valence-corrected chi connectivity index (χ2v) is 4.21. The SMILES string of the molecule is CC1(c2nc3ncncc3[nH]2)CCCN1. The topological polar surface area (TPSA) is 66.5 Å². The molecule has 1 unspecified atom stereocenters. The summed E-state index contributed by atoms with van der Waals surface area (Å²) in [6.07, 6.45) is 5.59. The molecular weight excluding hydrogens is 190 g/mol. The normalized spacial score (nSPS) is 26.2. The number of nitrogens with zero attached hydrogens (tertiary/aromatic N) is 3. The molecule has 0 aliphatic carbocycles. The van der Waals surface area contributed by atoms with Crippen molar-refractivity contribution in [1.29, 1.82) is 0 Å². The van der Waals surface area contributed by atoms with Crippen LogP contribution in [0.25, 0.3) is 11.2 Å². The quantitative estimate of drug-likeness (QED) is 0.724. The molecule has 2 aromatic heterocycles. The number of imidazole rings is 1. The van der Waals surface area contributed by atoms with Crippen LogP contribution in [0.3, 0.4) is 0 Å². The fraction of sp³-hybridized carbons (Fsp3) is 0.500. The van der Waals surface area contributed by atoms with Crippen LogP contribution in [0.15, 0.2) is 12.5 Å². The van der Waals surface area contributed by atoms with Gasteiger partial charge in [0.1, 0.15) is 17.7 Å². The smallest absolute Gasteiger partial charge is 0.180 e. The average molecular weight is 203 g/mol. The molecule has 0 bridgehead atoms. The van der Waals surface area contributed by atoms with Crippen molar-refractivity contribution >= 4 is 11.2 Å². The number of hydrogen-bond donors (Lipinski definition) is 2. The molecule has 15 heavy (non-hydrogen) atoms. The van der Waals surface area contributed by atoms with Gasteiger partial charge in [0.15, 0.2) is 5.65 Å². The largest absolute Gasteiger partial charge is 0.338 e. The molecular formula is C10H13N5. The van der Waals surface area contributed by atoms with Gasteiger partial charge in [-0.2, -0.15) is 0 Å². The van der Waals surface area contributed by atoms with Gasteiger partial charge in [0.2, 0.25) is 0 Å². The van der Waals surface area contributed by atoms with E-state index in [0.717, 1.165) is 30.0 Å². The molecule has 2 N–H and O–H groups in total. The van der Waals surface area contributed by atoms with E-state index in [-0.39, 0.29) is 5.54 Å². The van der Waals surface area contributed by atoms with Crippen molar-refractivity contribution < 1.29 is 0 Å². The Morgan fingerprint density at radius 3 is 3.13 bits per heavy atom. The Morgan fingerprint density at radius 2 is 2.40 bits per heavy atom. The lowest BCUT2D eigenvalue weighted by Gasteiger charge is -2.20. The Balaban J connectivity index is 2.11. The van der Waals surface area contributed by atoms with Crippen molar-refractivity contribution in [2.45, 2.75) is 25.3 Å².